The average Bonchev–Trinajstić information content (AvgIpc) is 2.52. The monoisotopic (exact) mass is 378 g/mol. The molecule has 122 valence electrons. The minimum Gasteiger partial charge on any atom is -0.493 e. The van der Waals surface area contributed by atoms with E-state index in [4.69, 9.17) is 4.74 Å². The van der Waals surface area contributed by atoms with E-state index >= 15 is 0 Å². The van der Waals surface area contributed by atoms with Crippen LogP contribution in [0.15, 0.2) is 35.1 Å². The predicted molar refractivity (Wildman–Crippen MR) is 92.8 cm³/mol. The number of hydrogen-bond acceptors (Lipinski definition) is 4. The van der Waals surface area contributed by atoms with Crippen LogP contribution in [0.4, 0.5) is 10.7 Å². The minimum absolute atomic E-state index is 0.262. The fourth-order valence-corrected chi connectivity index (χ4v) is 2.20. The summed E-state index contributed by atoms with van der Waals surface area (Å²) in [7, 11) is 0. The van der Waals surface area contributed by atoms with Gasteiger partial charge in [0, 0.05) is 18.9 Å². The first-order valence-corrected chi connectivity index (χ1v) is 8.07. The predicted octanol–water partition coefficient (Wildman–Crippen LogP) is 3.45. The minimum atomic E-state index is -0.334. The Morgan fingerprint density at radius 2 is 1.87 bits per heavy atom. The number of para-hydroxylation sites is 1. The van der Waals surface area contributed by atoms with Crippen molar-refractivity contribution in [2.45, 2.75) is 20.3 Å². The molecule has 1 aromatic carbocycles. The second-order valence-corrected chi connectivity index (χ2v) is 5.94. The van der Waals surface area contributed by atoms with Gasteiger partial charge in [0.25, 0.3) is 0 Å². The first-order chi connectivity index (χ1) is 11.1. The Balaban J connectivity index is 1.67. The zero-order valence-corrected chi connectivity index (χ0v) is 14.7. The fourth-order valence-electron chi connectivity index (χ4n) is 2.00. The topological polar surface area (TPSA) is 76.1 Å². The first kappa shape index (κ1) is 17.2. The summed E-state index contributed by atoms with van der Waals surface area (Å²) in [6.07, 6.45) is 3.85. The second kappa shape index (κ2) is 8.47. The van der Waals surface area contributed by atoms with Crippen LogP contribution < -0.4 is 15.4 Å². The largest absolute Gasteiger partial charge is 0.493 e. The Bertz CT molecular complexity index is 641. The molecule has 0 radical (unpaired) electrons. The SMILES string of the molecule is Cc1cccc(C)c1OCCCNC(=O)Nc1ncc(Br)cn1. The van der Waals surface area contributed by atoms with Gasteiger partial charge in [-0.15, -0.1) is 0 Å². The van der Waals surface area contributed by atoms with Gasteiger partial charge in [-0.2, -0.15) is 0 Å². The van der Waals surface area contributed by atoms with Gasteiger partial charge in [-0.3, -0.25) is 5.32 Å². The van der Waals surface area contributed by atoms with Crippen molar-refractivity contribution in [3.63, 3.8) is 0 Å². The summed E-state index contributed by atoms with van der Waals surface area (Å²) in [5.41, 5.74) is 2.23. The number of urea groups is 1. The molecule has 0 aliphatic heterocycles. The van der Waals surface area contributed by atoms with Gasteiger partial charge in [0.05, 0.1) is 11.1 Å². The Morgan fingerprint density at radius 3 is 2.52 bits per heavy atom. The van der Waals surface area contributed by atoms with Crippen LogP contribution >= 0.6 is 15.9 Å². The van der Waals surface area contributed by atoms with Gasteiger partial charge < -0.3 is 10.1 Å². The third-order valence-corrected chi connectivity index (χ3v) is 3.52. The highest BCUT2D eigenvalue weighted by atomic mass is 79.9. The highest BCUT2D eigenvalue weighted by molar-refractivity contribution is 9.10. The number of hydrogen-bond donors (Lipinski definition) is 2. The van der Waals surface area contributed by atoms with Crippen molar-refractivity contribution in [2.24, 2.45) is 0 Å². The van der Waals surface area contributed by atoms with Crippen LogP contribution in [0.3, 0.4) is 0 Å². The molecule has 0 aliphatic carbocycles. The van der Waals surface area contributed by atoms with E-state index in [0.717, 1.165) is 21.3 Å². The molecule has 7 heteroatoms. The molecular weight excluding hydrogens is 360 g/mol. The third-order valence-electron chi connectivity index (χ3n) is 3.11. The van der Waals surface area contributed by atoms with E-state index in [1.807, 2.05) is 32.0 Å². The van der Waals surface area contributed by atoms with Crippen molar-refractivity contribution in [3.8, 4) is 5.75 Å². The number of halogens is 1. The molecule has 2 aromatic rings. The van der Waals surface area contributed by atoms with Crippen molar-refractivity contribution in [2.75, 3.05) is 18.5 Å². The summed E-state index contributed by atoms with van der Waals surface area (Å²) < 4.78 is 6.54. The van der Waals surface area contributed by atoms with Crippen LogP contribution in [-0.4, -0.2) is 29.2 Å². The molecule has 0 saturated carbocycles. The van der Waals surface area contributed by atoms with Crippen molar-refractivity contribution >= 4 is 27.9 Å². The Morgan fingerprint density at radius 1 is 1.22 bits per heavy atom. The molecule has 0 aliphatic rings. The van der Waals surface area contributed by atoms with Gasteiger partial charge in [-0.25, -0.2) is 14.8 Å². The van der Waals surface area contributed by atoms with Gasteiger partial charge in [-0.05, 0) is 47.3 Å². The zero-order valence-electron chi connectivity index (χ0n) is 13.1. The summed E-state index contributed by atoms with van der Waals surface area (Å²) in [4.78, 5) is 19.6. The summed E-state index contributed by atoms with van der Waals surface area (Å²) in [5, 5.41) is 5.30. The average molecular weight is 379 g/mol. The van der Waals surface area contributed by atoms with Crippen LogP contribution in [0, 0.1) is 13.8 Å². The van der Waals surface area contributed by atoms with Crippen LogP contribution in [0.5, 0.6) is 5.75 Å². The lowest BCUT2D eigenvalue weighted by Gasteiger charge is -2.12. The number of carbonyl (C=O) groups is 1. The van der Waals surface area contributed by atoms with E-state index < -0.39 is 0 Å². The molecule has 0 bridgehead atoms. The Kier molecular flexibility index (Phi) is 6.34. The number of anilines is 1. The quantitative estimate of drug-likeness (QED) is 0.754. The normalized spacial score (nSPS) is 10.2. The van der Waals surface area contributed by atoms with Crippen molar-refractivity contribution < 1.29 is 9.53 Å². The number of nitrogens with one attached hydrogen (secondary N) is 2. The number of aromatic nitrogens is 2. The fraction of sp³-hybridized carbons (Fsp3) is 0.312. The molecule has 2 rings (SSSR count). The van der Waals surface area contributed by atoms with E-state index in [1.54, 1.807) is 12.4 Å². The number of ether oxygens (including phenoxy) is 1. The van der Waals surface area contributed by atoms with E-state index in [-0.39, 0.29) is 12.0 Å². The number of aryl methyl sites for hydroxylation is 2. The van der Waals surface area contributed by atoms with Crippen LogP contribution in [0.1, 0.15) is 17.5 Å². The highest BCUT2D eigenvalue weighted by Crippen LogP contribution is 2.22. The molecule has 23 heavy (non-hydrogen) atoms. The van der Waals surface area contributed by atoms with E-state index in [0.29, 0.717) is 19.6 Å². The van der Waals surface area contributed by atoms with Gasteiger partial charge >= 0.3 is 6.03 Å². The molecule has 0 atom stereocenters. The molecule has 0 spiro atoms. The highest BCUT2D eigenvalue weighted by Gasteiger charge is 2.05. The maximum Gasteiger partial charge on any atom is 0.321 e. The van der Waals surface area contributed by atoms with E-state index in [1.165, 1.54) is 0 Å². The lowest BCUT2D eigenvalue weighted by Crippen LogP contribution is -2.30. The lowest BCUT2D eigenvalue weighted by molar-refractivity contribution is 0.250. The third kappa shape index (κ3) is 5.52. The summed E-state index contributed by atoms with van der Waals surface area (Å²) in [6, 6.07) is 5.71. The van der Waals surface area contributed by atoms with Crippen molar-refractivity contribution in [1.29, 1.82) is 0 Å². The van der Waals surface area contributed by atoms with Crippen molar-refractivity contribution in [3.05, 3.63) is 46.2 Å². The summed E-state index contributed by atoms with van der Waals surface area (Å²) in [5.74, 6) is 1.18. The van der Waals surface area contributed by atoms with Crippen LogP contribution in [0.2, 0.25) is 0 Å². The van der Waals surface area contributed by atoms with Gasteiger partial charge in [0.2, 0.25) is 5.95 Å². The molecule has 2 amide bonds. The smallest absolute Gasteiger partial charge is 0.321 e. The molecule has 6 nitrogen and oxygen atoms in total. The number of benzene rings is 1. The lowest BCUT2D eigenvalue weighted by atomic mass is 10.1. The molecule has 0 fully saturated rings. The molecule has 2 N–H and O–H groups in total. The molecule has 0 unspecified atom stereocenters. The summed E-state index contributed by atoms with van der Waals surface area (Å²) in [6.45, 7) is 5.09. The maximum absolute atomic E-state index is 11.7. The van der Waals surface area contributed by atoms with Gasteiger partial charge in [0.1, 0.15) is 5.75 Å². The number of amides is 2. The maximum atomic E-state index is 11.7. The van der Waals surface area contributed by atoms with Crippen molar-refractivity contribution in [1.82, 2.24) is 15.3 Å². The number of nitrogens with zero attached hydrogens (tertiary/aromatic N) is 2. The van der Waals surface area contributed by atoms with E-state index in [2.05, 4.69) is 36.5 Å². The molecule has 1 heterocycles. The van der Waals surface area contributed by atoms with E-state index in [9.17, 15) is 4.79 Å². The molecule has 0 saturated heterocycles. The van der Waals surface area contributed by atoms with Crippen LogP contribution in [0.25, 0.3) is 0 Å². The second-order valence-electron chi connectivity index (χ2n) is 5.03. The first-order valence-electron chi connectivity index (χ1n) is 7.27. The summed E-state index contributed by atoms with van der Waals surface area (Å²) >= 11 is 3.23. The van der Waals surface area contributed by atoms with Crippen LogP contribution in [-0.2, 0) is 0 Å². The zero-order chi connectivity index (χ0) is 16.7. The molecular formula is C16H19BrN4O2. The van der Waals surface area contributed by atoms with Gasteiger partial charge in [0.15, 0.2) is 0 Å². The molecule has 1 aromatic heterocycles. The number of rotatable bonds is 6. The Hall–Kier alpha value is -2.15. The van der Waals surface area contributed by atoms with Gasteiger partial charge in [-0.1, -0.05) is 18.2 Å². The Labute approximate surface area is 143 Å². The standard InChI is InChI=1S/C16H19BrN4O2/c1-11-5-3-6-12(2)14(11)23-8-4-7-18-16(22)21-15-19-9-13(17)10-20-15/h3,5-6,9-10H,4,7-8H2,1-2H3,(H2,18,19,20,21,22). The number of carbonyl (C=O) groups excluding carboxylic acids is 1.